The van der Waals surface area contributed by atoms with Crippen molar-refractivity contribution in [2.24, 2.45) is 0 Å². The molecule has 0 spiro atoms. The van der Waals surface area contributed by atoms with Gasteiger partial charge < -0.3 is 5.21 Å². The molecule has 2 nitrogen and oxygen atoms in total. The fourth-order valence-corrected chi connectivity index (χ4v) is 1.79. The van der Waals surface area contributed by atoms with Crippen molar-refractivity contribution >= 4 is 6.08 Å². The zero-order valence-electron chi connectivity index (χ0n) is 10.7. The van der Waals surface area contributed by atoms with Gasteiger partial charge in [-0.3, -0.25) is 0 Å². The first-order chi connectivity index (χ1) is 9.19. The highest BCUT2D eigenvalue weighted by Crippen LogP contribution is 2.21. The normalized spacial score (nSPS) is 12.8. The summed E-state index contributed by atoms with van der Waals surface area (Å²) in [6, 6.07) is 14.2. The van der Waals surface area contributed by atoms with Crippen molar-refractivity contribution in [3.05, 3.63) is 66.0 Å². The van der Waals surface area contributed by atoms with Crippen molar-refractivity contribution in [2.75, 3.05) is 0 Å². The summed E-state index contributed by atoms with van der Waals surface area (Å²) in [4.78, 5) is 0. The Morgan fingerprint density at radius 2 is 1.79 bits per heavy atom. The van der Waals surface area contributed by atoms with Gasteiger partial charge in [-0.1, -0.05) is 42.5 Å². The molecule has 2 rings (SSSR count). The Labute approximate surface area is 112 Å². The lowest BCUT2D eigenvalue weighted by Crippen LogP contribution is -2.18. The van der Waals surface area contributed by atoms with E-state index in [4.69, 9.17) is 5.21 Å². The van der Waals surface area contributed by atoms with Gasteiger partial charge in [0.25, 0.3) is 0 Å². The third-order valence-electron chi connectivity index (χ3n) is 2.83. The highest BCUT2D eigenvalue weighted by atomic mass is 19.1. The molecule has 3 heteroatoms. The maximum Gasteiger partial charge on any atom is 0.123 e. The van der Waals surface area contributed by atoms with Crippen molar-refractivity contribution in [2.45, 2.75) is 13.0 Å². The van der Waals surface area contributed by atoms with E-state index < -0.39 is 0 Å². The van der Waals surface area contributed by atoms with E-state index in [1.807, 2.05) is 49.4 Å². The zero-order valence-corrected chi connectivity index (χ0v) is 10.7. The summed E-state index contributed by atoms with van der Waals surface area (Å²) in [5.74, 6) is -0.239. The van der Waals surface area contributed by atoms with Crippen LogP contribution in [0.25, 0.3) is 17.2 Å². The second-order valence-corrected chi connectivity index (χ2v) is 4.41. The number of benzene rings is 2. The molecule has 2 aromatic rings. The Balaban J connectivity index is 2.27. The van der Waals surface area contributed by atoms with Crippen molar-refractivity contribution in [3.63, 3.8) is 0 Å². The van der Waals surface area contributed by atoms with Crippen LogP contribution in [0.5, 0.6) is 0 Å². The van der Waals surface area contributed by atoms with E-state index in [1.54, 1.807) is 6.07 Å². The predicted octanol–water partition coefficient (Wildman–Crippen LogP) is 3.87. The van der Waals surface area contributed by atoms with E-state index >= 15 is 0 Å². The number of rotatable bonds is 4. The van der Waals surface area contributed by atoms with Gasteiger partial charge in [-0.25, -0.2) is 4.39 Å². The number of hydrogen-bond donors (Lipinski definition) is 2. The topological polar surface area (TPSA) is 32.3 Å². The summed E-state index contributed by atoms with van der Waals surface area (Å²) in [7, 11) is 0. The van der Waals surface area contributed by atoms with E-state index in [2.05, 4.69) is 5.48 Å². The second-order valence-electron chi connectivity index (χ2n) is 4.41. The smallest absolute Gasteiger partial charge is 0.123 e. The van der Waals surface area contributed by atoms with E-state index in [0.29, 0.717) is 0 Å². The number of nitrogens with one attached hydrogen (secondary N) is 1. The SMILES string of the molecule is C[C@@H](/C=C/c1cccc(-c2cccc(F)c2)c1)NO. The van der Waals surface area contributed by atoms with Crippen LogP contribution in [0.4, 0.5) is 4.39 Å². The van der Waals surface area contributed by atoms with Crippen LogP contribution < -0.4 is 5.48 Å². The van der Waals surface area contributed by atoms with E-state index in [1.165, 1.54) is 12.1 Å². The summed E-state index contributed by atoms with van der Waals surface area (Å²) < 4.78 is 13.2. The first kappa shape index (κ1) is 13.5. The molecule has 0 bridgehead atoms. The van der Waals surface area contributed by atoms with Gasteiger partial charge in [-0.2, -0.15) is 5.48 Å². The summed E-state index contributed by atoms with van der Waals surface area (Å²) in [6.45, 7) is 1.84. The Morgan fingerprint density at radius 3 is 2.47 bits per heavy atom. The average Bonchev–Trinajstić information content (AvgIpc) is 2.45. The summed E-state index contributed by atoms with van der Waals surface area (Å²) >= 11 is 0. The Hall–Kier alpha value is -1.97. The van der Waals surface area contributed by atoms with Gasteiger partial charge in [0, 0.05) is 6.04 Å². The standard InChI is InChI=1S/C16H16FNO/c1-12(18-19)8-9-13-4-2-5-14(10-13)15-6-3-7-16(17)11-15/h2-12,18-19H,1H3/b9-8+/t12-/m0/s1. The van der Waals surface area contributed by atoms with Crippen LogP contribution in [0.3, 0.4) is 0 Å². The lowest BCUT2D eigenvalue weighted by molar-refractivity contribution is 0.150. The molecule has 0 saturated carbocycles. The Kier molecular flexibility index (Phi) is 4.44. The van der Waals surface area contributed by atoms with Crippen molar-refractivity contribution in [1.29, 1.82) is 0 Å². The minimum absolute atomic E-state index is 0.113. The van der Waals surface area contributed by atoms with Gasteiger partial charge >= 0.3 is 0 Å². The fraction of sp³-hybridized carbons (Fsp3) is 0.125. The monoisotopic (exact) mass is 257 g/mol. The highest BCUT2D eigenvalue weighted by molar-refractivity contribution is 5.67. The lowest BCUT2D eigenvalue weighted by atomic mass is 10.0. The molecule has 0 aliphatic rings. The third kappa shape index (κ3) is 3.74. The molecule has 0 unspecified atom stereocenters. The number of hydroxylamine groups is 1. The molecule has 98 valence electrons. The molecule has 0 aliphatic heterocycles. The van der Waals surface area contributed by atoms with Crippen LogP contribution in [-0.2, 0) is 0 Å². The second kappa shape index (κ2) is 6.27. The molecule has 2 N–H and O–H groups in total. The Morgan fingerprint density at radius 1 is 1.11 bits per heavy atom. The van der Waals surface area contributed by atoms with Crippen LogP contribution in [0.15, 0.2) is 54.6 Å². The van der Waals surface area contributed by atoms with Crippen LogP contribution in [0.1, 0.15) is 12.5 Å². The van der Waals surface area contributed by atoms with Gasteiger partial charge in [0.15, 0.2) is 0 Å². The van der Waals surface area contributed by atoms with E-state index in [9.17, 15) is 4.39 Å². The first-order valence-corrected chi connectivity index (χ1v) is 6.13. The van der Waals surface area contributed by atoms with Gasteiger partial charge in [0.1, 0.15) is 5.82 Å². The molecule has 1 atom stereocenters. The Bertz CT molecular complexity index is 580. The molecule has 19 heavy (non-hydrogen) atoms. The summed E-state index contributed by atoms with van der Waals surface area (Å²) in [5, 5.41) is 8.73. The molecular formula is C16H16FNO. The van der Waals surface area contributed by atoms with Gasteiger partial charge in [0.05, 0.1) is 0 Å². The summed E-state index contributed by atoms with van der Waals surface area (Å²) in [6.07, 6.45) is 3.77. The first-order valence-electron chi connectivity index (χ1n) is 6.13. The van der Waals surface area contributed by atoms with Crippen molar-refractivity contribution < 1.29 is 9.60 Å². The predicted molar refractivity (Wildman–Crippen MR) is 75.3 cm³/mol. The van der Waals surface area contributed by atoms with Gasteiger partial charge in [0.2, 0.25) is 0 Å². The fourth-order valence-electron chi connectivity index (χ4n) is 1.79. The maximum atomic E-state index is 13.2. The van der Waals surface area contributed by atoms with Crippen LogP contribution in [-0.4, -0.2) is 11.2 Å². The molecule has 0 heterocycles. The molecule has 0 aliphatic carbocycles. The minimum atomic E-state index is -0.239. The van der Waals surface area contributed by atoms with Crippen LogP contribution in [0, 0.1) is 5.82 Å². The summed E-state index contributed by atoms with van der Waals surface area (Å²) in [5.41, 5.74) is 4.97. The molecule has 0 aromatic heterocycles. The van der Waals surface area contributed by atoms with E-state index in [0.717, 1.165) is 16.7 Å². The maximum absolute atomic E-state index is 13.2. The molecular weight excluding hydrogens is 241 g/mol. The molecule has 2 aromatic carbocycles. The number of halogens is 1. The van der Waals surface area contributed by atoms with Gasteiger partial charge in [-0.05, 0) is 41.8 Å². The number of hydrogen-bond acceptors (Lipinski definition) is 2. The molecule has 0 amide bonds. The highest BCUT2D eigenvalue weighted by Gasteiger charge is 2.00. The zero-order chi connectivity index (χ0) is 13.7. The molecule has 0 saturated heterocycles. The quantitative estimate of drug-likeness (QED) is 0.815. The van der Waals surface area contributed by atoms with Crippen molar-refractivity contribution in [3.8, 4) is 11.1 Å². The van der Waals surface area contributed by atoms with Crippen LogP contribution >= 0.6 is 0 Å². The average molecular weight is 257 g/mol. The third-order valence-corrected chi connectivity index (χ3v) is 2.83. The van der Waals surface area contributed by atoms with E-state index in [-0.39, 0.29) is 11.9 Å². The largest absolute Gasteiger partial charge is 0.316 e. The molecule has 0 radical (unpaired) electrons. The van der Waals surface area contributed by atoms with Crippen molar-refractivity contribution in [1.82, 2.24) is 5.48 Å². The molecule has 0 fully saturated rings. The minimum Gasteiger partial charge on any atom is -0.316 e. The lowest BCUT2D eigenvalue weighted by Gasteiger charge is -2.04. The van der Waals surface area contributed by atoms with Crippen LogP contribution in [0.2, 0.25) is 0 Å². The van der Waals surface area contributed by atoms with Gasteiger partial charge in [-0.15, -0.1) is 0 Å².